The molecule has 2 aromatic carbocycles. The van der Waals surface area contributed by atoms with Crippen molar-refractivity contribution in [2.75, 3.05) is 13.7 Å². The largest absolute Gasteiger partial charge is 0.484 e. The molecule has 0 aliphatic heterocycles. The molecular weight excluding hydrogens is 359 g/mol. The predicted molar refractivity (Wildman–Crippen MR) is 107 cm³/mol. The zero-order valence-electron chi connectivity index (χ0n) is 16.7. The Labute approximate surface area is 165 Å². The number of ether oxygens (including phenoxy) is 1. The maximum Gasteiger partial charge on any atom is 0.261 e. The van der Waals surface area contributed by atoms with Gasteiger partial charge in [-0.15, -0.1) is 0 Å². The highest BCUT2D eigenvalue weighted by Crippen LogP contribution is 2.19. The van der Waals surface area contributed by atoms with Crippen LogP contribution in [0.25, 0.3) is 0 Å². The third-order valence-electron chi connectivity index (χ3n) is 4.62. The van der Waals surface area contributed by atoms with Crippen molar-refractivity contribution < 1.29 is 18.7 Å². The molecule has 0 fully saturated rings. The van der Waals surface area contributed by atoms with Crippen LogP contribution >= 0.6 is 0 Å². The first-order valence-corrected chi connectivity index (χ1v) is 9.30. The molecule has 28 heavy (non-hydrogen) atoms. The molecule has 0 aliphatic carbocycles. The molecule has 0 radical (unpaired) electrons. The Morgan fingerprint density at radius 1 is 1.07 bits per heavy atom. The van der Waals surface area contributed by atoms with Crippen molar-refractivity contribution >= 4 is 11.8 Å². The summed E-state index contributed by atoms with van der Waals surface area (Å²) >= 11 is 0. The fourth-order valence-corrected chi connectivity index (χ4v) is 2.78. The topological polar surface area (TPSA) is 58.6 Å². The lowest BCUT2D eigenvalue weighted by atomic mass is 10.0. The van der Waals surface area contributed by atoms with Crippen molar-refractivity contribution in [3.05, 3.63) is 65.5 Å². The Balaban J connectivity index is 2.11. The van der Waals surface area contributed by atoms with Crippen molar-refractivity contribution in [1.29, 1.82) is 0 Å². The third kappa shape index (κ3) is 5.55. The standard InChI is InChI=1S/C22H27FN2O3/c1-15(2)17-9-11-19(12-10-17)28-14-21(26)25(16(3)22(27)24-4)13-18-7-5-6-8-20(18)23/h5-12,15-16H,13-14H2,1-4H3,(H,24,27). The Bertz CT molecular complexity index is 806. The van der Waals surface area contributed by atoms with E-state index in [2.05, 4.69) is 19.2 Å². The van der Waals surface area contributed by atoms with E-state index in [0.717, 1.165) is 0 Å². The van der Waals surface area contributed by atoms with Gasteiger partial charge in [0.25, 0.3) is 5.91 Å². The zero-order chi connectivity index (χ0) is 20.7. The number of hydrogen-bond donors (Lipinski definition) is 1. The molecule has 0 aliphatic rings. The molecule has 0 spiro atoms. The van der Waals surface area contributed by atoms with Crippen LogP contribution in [0.5, 0.6) is 5.75 Å². The van der Waals surface area contributed by atoms with E-state index in [9.17, 15) is 14.0 Å². The summed E-state index contributed by atoms with van der Waals surface area (Å²) in [5.74, 6) is -0.176. The Kier molecular flexibility index (Phi) is 7.55. The van der Waals surface area contributed by atoms with E-state index >= 15 is 0 Å². The summed E-state index contributed by atoms with van der Waals surface area (Å²) < 4.78 is 19.6. The molecule has 0 aromatic heterocycles. The first-order chi connectivity index (χ1) is 13.3. The second-order valence-corrected chi connectivity index (χ2v) is 6.92. The smallest absolute Gasteiger partial charge is 0.261 e. The molecule has 1 N–H and O–H groups in total. The van der Waals surface area contributed by atoms with Gasteiger partial charge < -0.3 is 15.0 Å². The van der Waals surface area contributed by atoms with Gasteiger partial charge in [-0.2, -0.15) is 0 Å². The highest BCUT2D eigenvalue weighted by molar-refractivity contribution is 5.87. The van der Waals surface area contributed by atoms with Gasteiger partial charge in [0, 0.05) is 19.2 Å². The van der Waals surface area contributed by atoms with Crippen LogP contribution in [0.4, 0.5) is 4.39 Å². The molecule has 1 atom stereocenters. The van der Waals surface area contributed by atoms with Crippen LogP contribution < -0.4 is 10.1 Å². The summed E-state index contributed by atoms with van der Waals surface area (Å²) in [4.78, 5) is 26.2. The fourth-order valence-electron chi connectivity index (χ4n) is 2.78. The van der Waals surface area contributed by atoms with Crippen LogP contribution in [0.15, 0.2) is 48.5 Å². The van der Waals surface area contributed by atoms with Gasteiger partial charge in [-0.25, -0.2) is 4.39 Å². The van der Waals surface area contributed by atoms with Gasteiger partial charge in [-0.3, -0.25) is 9.59 Å². The number of carbonyl (C=O) groups is 2. The van der Waals surface area contributed by atoms with E-state index in [4.69, 9.17) is 4.74 Å². The average Bonchev–Trinajstić information content (AvgIpc) is 2.70. The van der Waals surface area contributed by atoms with Gasteiger partial charge >= 0.3 is 0 Å². The SMILES string of the molecule is CNC(=O)C(C)N(Cc1ccccc1F)C(=O)COc1ccc(C(C)C)cc1. The molecule has 5 nitrogen and oxygen atoms in total. The van der Waals surface area contributed by atoms with Crippen molar-refractivity contribution in [1.82, 2.24) is 10.2 Å². The third-order valence-corrected chi connectivity index (χ3v) is 4.62. The molecule has 0 bridgehead atoms. The molecule has 0 saturated carbocycles. The number of halogens is 1. The van der Waals surface area contributed by atoms with Crippen LogP contribution in [0.2, 0.25) is 0 Å². The Morgan fingerprint density at radius 3 is 2.29 bits per heavy atom. The van der Waals surface area contributed by atoms with Gasteiger partial charge in [0.05, 0.1) is 0 Å². The number of carbonyl (C=O) groups excluding carboxylic acids is 2. The summed E-state index contributed by atoms with van der Waals surface area (Å²) in [6, 6.07) is 13.0. The first kappa shape index (κ1) is 21.4. The summed E-state index contributed by atoms with van der Waals surface area (Å²) in [6.45, 7) is 5.54. The first-order valence-electron chi connectivity index (χ1n) is 9.30. The van der Waals surface area contributed by atoms with E-state index < -0.39 is 17.8 Å². The molecule has 2 rings (SSSR count). The quantitative estimate of drug-likeness (QED) is 0.756. The number of nitrogens with one attached hydrogen (secondary N) is 1. The lowest BCUT2D eigenvalue weighted by Gasteiger charge is -2.28. The number of hydrogen-bond acceptors (Lipinski definition) is 3. The monoisotopic (exact) mass is 386 g/mol. The van der Waals surface area contributed by atoms with Crippen molar-refractivity contribution in [2.45, 2.75) is 39.3 Å². The number of nitrogens with zero attached hydrogens (tertiary/aromatic N) is 1. The molecule has 150 valence electrons. The van der Waals surface area contributed by atoms with Crippen molar-refractivity contribution in [2.24, 2.45) is 0 Å². The molecule has 0 heterocycles. The predicted octanol–water partition coefficient (Wildman–Crippen LogP) is 3.49. The van der Waals surface area contributed by atoms with Gasteiger partial charge in [0.15, 0.2) is 6.61 Å². The number of likely N-dealkylation sites (N-methyl/N-ethyl adjacent to an activating group) is 1. The second kappa shape index (κ2) is 9.88. The maximum absolute atomic E-state index is 14.0. The van der Waals surface area contributed by atoms with Crippen LogP contribution in [-0.2, 0) is 16.1 Å². The van der Waals surface area contributed by atoms with Gasteiger partial charge in [0.2, 0.25) is 5.91 Å². The average molecular weight is 386 g/mol. The summed E-state index contributed by atoms with van der Waals surface area (Å²) in [6.07, 6.45) is 0. The fraction of sp³-hybridized carbons (Fsp3) is 0.364. The van der Waals surface area contributed by atoms with Crippen LogP contribution in [0.3, 0.4) is 0 Å². The highest BCUT2D eigenvalue weighted by Gasteiger charge is 2.26. The van der Waals surface area contributed by atoms with E-state index in [1.165, 1.54) is 23.6 Å². The van der Waals surface area contributed by atoms with E-state index in [1.54, 1.807) is 25.1 Å². The molecule has 6 heteroatoms. The van der Waals surface area contributed by atoms with E-state index in [0.29, 0.717) is 17.2 Å². The van der Waals surface area contributed by atoms with Gasteiger partial charge in [-0.05, 0) is 36.6 Å². The number of rotatable bonds is 8. The van der Waals surface area contributed by atoms with E-state index in [-0.39, 0.29) is 19.1 Å². The number of amides is 2. The molecular formula is C22H27FN2O3. The second-order valence-electron chi connectivity index (χ2n) is 6.92. The van der Waals surface area contributed by atoms with Gasteiger partial charge in [-0.1, -0.05) is 44.2 Å². The normalized spacial score (nSPS) is 11.8. The number of benzene rings is 2. The summed E-state index contributed by atoms with van der Waals surface area (Å²) in [7, 11) is 1.50. The Morgan fingerprint density at radius 2 is 1.71 bits per heavy atom. The molecule has 1 unspecified atom stereocenters. The zero-order valence-corrected chi connectivity index (χ0v) is 16.7. The summed E-state index contributed by atoms with van der Waals surface area (Å²) in [5, 5.41) is 2.52. The molecule has 0 saturated heterocycles. The molecule has 2 aromatic rings. The van der Waals surface area contributed by atoms with Crippen LogP contribution in [0.1, 0.15) is 37.8 Å². The van der Waals surface area contributed by atoms with Gasteiger partial charge in [0.1, 0.15) is 17.6 Å². The lowest BCUT2D eigenvalue weighted by Crippen LogP contribution is -2.48. The summed E-state index contributed by atoms with van der Waals surface area (Å²) in [5.41, 5.74) is 1.51. The van der Waals surface area contributed by atoms with Crippen molar-refractivity contribution in [3.8, 4) is 5.75 Å². The van der Waals surface area contributed by atoms with Crippen LogP contribution in [0, 0.1) is 5.82 Å². The lowest BCUT2D eigenvalue weighted by molar-refractivity contribution is -0.142. The van der Waals surface area contributed by atoms with Crippen molar-refractivity contribution in [3.63, 3.8) is 0 Å². The van der Waals surface area contributed by atoms with E-state index in [1.807, 2.05) is 24.3 Å². The highest BCUT2D eigenvalue weighted by atomic mass is 19.1. The molecule has 2 amide bonds. The minimum absolute atomic E-state index is 0.0181. The van der Waals surface area contributed by atoms with Crippen LogP contribution in [-0.4, -0.2) is 36.4 Å². The Hall–Kier alpha value is -2.89. The maximum atomic E-state index is 14.0. The minimum Gasteiger partial charge on any atom is -0.484 e. The minimum atomic E-state index is -0.760.